The van der Waals surface area contributed by atoms with Crippen LogP contribution < -0.4 is 4.74 Å². The van der Waals surface area contributed by atoms with E-state index in [0.29, 0.717) is 6.04 Å². The molecule has 1 aromatic carbocycles. The second-order valence-corrected chi connectivity index (χ2v) is 5.89. The predicted octanol–water partition coefficient (Wildman–Crippen LogP) is 3.21. The number of methoxy groups -OCH3 is 1. The number of aliphatic hydroxyl groups excluding tert-OH is 1. The maximum Gasteiger partial charge on any atom is 0.123 e. The van der Waals surface area contributed by atoms with Gasteiger partial charge in [0.2, 0.25) is 0 Å². The largest absolute Gasteiger partial charge is 0.496 e. The number of aliphatic hydroxyl groups is 1. The van der Waals surface area contributed by atoms with Gasteiger partial charge in [-0.15, -0.1) is 11.6 Å². The highest BCUT2D eigenvalue weighted by Gasteiger charge is 2.25. The third-order valence-corrected chi connectivity index (χ3v) is 4.46. The van der Waals surface area contributed by atoms with Crippen molar-refractivity contribution < 1.29 is 9.84 Å². The highest BCUT2D eigenvalue weighted by Crippen LogP contribution is 2.32. The fourth-order valence-electron chi connectivity index (χ4n) is 3.01. The molecular weight excluding hydrogens is 274 g/mol. The maximum atomic E-state index is 9.19. The number of para-hydroxylation sites is 1. The molecule has 3 nitrogen and oxygen atoms in total. The lowest BCUT2D eigenvalue weighted by Gasteiger charge is -2.36. The minimum Gasteiger partial charge on any atom is -0.496 e. The fourth-order valence-corrected chi connectivity index (χ4v) is 3.36. The Morgan fingerprint density at radius 2 is 2.20 bits per heavy atom. The van der Waals surface area contributed by atoms with Gasteiger partial charge in [0.05, 0.1) is 12.5 Å². The van der Waals surface area contributed by atoms with E-state index < -0.39 is 0 Å². The van der Waals surface area contributed by atoms with Gasteiger partial charge in [0.1, 0.15) is 5.75 Å². The molecule has 0 aromatic heterocycles. The van der Waals surface area contributed by atoms with Gasteiger partial charge in [-0.1, -0.05) is 24.6 Å². The molecule has 112 valence electrons. The summed E-state index contributed by atoms with van der Waals surface area (Å²) in [6, 6.07) is 8.40. The van der Waals surface area contributed by atoms with Crippen LogP contribution in [0.3, 0.4) is 0 Å². The van der Waals surface area contributed by atoms with Gasteiger partial charge in [-0.25, -0.2) is 0 Å². The van der Waals surface area contributed by atoms with Crippen LogP contribution in [0.1, 0.15) is 36.6 Å². The summed E-state index contributed by atoms with van der Waals surface area (Å²) in [5.41, 5.74) is 1.05. The van der Waals surface area contributed by atoms with E-state index in [-0.39, 0.29) is 12.0 Å². The van der Waals surface area contributed by atoms with Crippen molar-refractivity contribution >= 4 is 11.6 Å². The highest BCUT2D eigenvalue weighted by atomic mass is 35.5. The summed E-state index contributed by atoms with van der Waals surface area (Å²) in [5, 5.41) is 9.11. The summed E-state index contributed by atoms with van der Waals surface area (Å²) in [7, 11) is 1.68. The summed E-state index contributed by atoms with van der Waals surface area (Å²) in [5.74, 6) is 0.850. The summed E-state index contributed by atoms with van der Waals surface area (Å²) >= 11 is 6.60. The molecule has 2 unspecified atom stereocenters. The number of likely N-dealkylation sites (tertiary alicyclic amines) is 1. The predicted molar refractivity (Wildman–Crippen MR) is 82.5 cm³/mol. The lowest BCUT2D eigenvalue weighted by atomic mass is 9.98. The van der Waals surface area contributed by atoms with Crippen molar-refractivity contribution in [3.63, 3.8) is 0 Å². The lowest BCUT2D eigenvalue weighted by molar-refractivity contribution is 0.119. The average molecular weight is 298 g/mol. The second kappa shape index (κ2) is 7.87. The van der Waals surface area contributed by atoms with Crippen LogP contribution in [0.5, 0.6) is 5.75 Å². The van der Waals surface area contributed by atoms with Crippen LogP contribution in [0.2, 0.25) is 0 Å². The monoisotopic (exact) mass is 297 g/mol. The number of alkyl halides is 1. The van der Waals surface area contributed by atoms with Crippen LogP contribution >= 0.6 is 11.6 Å². The van der Waals surface area contributed by atoms with Gasteiger partial charge >= 0.3 is 0 Å². The van der Waals surface area contributed by atoms with Crippen LogP contribution in [0.15, 0.2) is 24.3 Å². The first-order chi connectivity index (χ1) is 9.76. The first kappa shape index (κ1) is 15.6. The second-order valence-electron chi connectivity index (χ2n) is 5.37. The third kappa shape index (κ3) is 3.87. The van der Waals surface area contributed by atoms with Crippen molar-refractivity contribution in [2.24, 2.45) is 0 Å². The number of piperidine rings is 1. The van der Waals surface area contributed by atoms with Gasteiger partial charge in [-0.05, 0) is 31.9 Å². The minimum atomic E-state index is -0.0783. The molecule has 1 saturated heterocycles. The van der Waals surface area contributed by atoms with Crippen LogP contribution in [0, 0.1) is 0 Å². The molecule has 2 atom stereocenters. The molecule has 1 heterocycles. The van der Waals surface area contributed by atoms with E-state index >= 15 is 0 Å². The smallest absolute Gasteiger partial charge is 0.123 e. The molecule has 1 fully saturated rings. The zero-order chi connectivity index (χ0) is 14.4. The van der Waals surface area contributed by atoms with Gasteiger partial charge in [0.25, 0.3) is 0 Å². The number of hydrogen-bond acceptors (Lipinski definition) is 3. The van der Waals surface area contributed by atoms with E-state index in [1.807, 2.05) is 24.3 Å². The molecule has 0 radical (unpaired) electrons. The topological polar surface area (TPSA) is 32.7 Å². The van der Waals surface area contributed by atoms with E-state index in [2.05, 4.69) is 4.90 Å². The SMILES string of the molecule is COc1ccccc1C(Cl)CN1CCCCC1CCO. The van der Waals surface area contributed by atoms with E-state index in [1.54, 1.807) is 7.11 Å². The van der Waals surface area contributed by atoms with Crippen molar-refractivity contribution in [2.75, 3.05) is 26.8 Å². The molecular formula is C16H24ClNO2. The van der Waals surface area contributed by atoms with Crippen molar-refractivity contribution in [3.05, 3.63) is 29.8 Å². The molecule has 0 aliphatic carbocycles. The molecule has 0 amide bonds. The van der Waals surface area contributed by atoms with Crippen LogP contribution in [0.25, 0.3) is 0 Å². The standard InChI is InChI=1S/C16H24ClNO2/c1-20-16-8-3-2-7-14(16)15(17)12-18-10-5-4-6-13(18)9-11-19/h2-3,7-8,13,15,19H,4-6,9-12H2,1H3. The summed E-state index contributed by atoms with van der Waals surface area (Å²) in [6.07, 6.45) is 4.48. The fraction of sp³-hybridized carbons (Fsp3) is 0.625. The first-order valence-corrected chi connectivity index (χ1v) is 7.81. The Kier molecular flexibility index (Phi) is 6.14. The van der Waals surface area contributed by atoms with Crippen LogP contribution in [0.4, 0.5) is 0 Å². The number of nitrogens with zero attached hydrogens (tertiary/aromatic N) is 1. The molecule has 4 heteroatoms. The van der Waals surface area contributed by atoms with E-state index in [0.717, 1.165) is 37.2 Å². The lowest BCUT2D eigenvalue weighted by Crippen LogP contribution is -2.41. The van der Waals surface area contributed by atoms with E-state index in [9.17, 15) is 5.11 Å². The Labute approximate surface area is 126 Å². The Bertz CT molecular complexity index is 411. The zero-order valence-corrected chi connectivity index (χ0v) is 12.9. The number of hydrogen-bond donors (Lipinski definition) is 1. The maximum absolute atomic E-state index is 9.19. The van der Waals surface area contributed by atoms with Gasteiger partial charge in [0.15, 0.2) is 0 Å². The third-order valence-electron chi connectivity index (χ3n) is 4.08. The Hall–Kier alpha value is -0.770. The average Bonchev–Trinajstić information content (AvgIpc) is 2.49. The van der Waals surface area contributed by atoms with Gasteiger partial charge in [0, 0.05) is 24.8 Å². The Morgan fingerprint density at radius 3 is 2.95 bits per heavy atom. The molecule has 20 heavy (non-hydrogen) atoms. The number of ether oxygens (including phenoxy) is 1. The molecule has 1 N–H and O–H groups in total. The van der Waals surface area contributed by atoms with Crippen molar-refractivity contribution in [2.45, 2.75) is 37.1 Å². The van der Waals surface area contributed by atoms with Gasteiger partial charge in [-0.3, -0.25) is 4.90 Å². The molecule has 2 rings (SSSR count). The van der Waals surface area contributed by atoms with Crippen molar-refractivity contribution in [1.29, 1.82) is 0 Å². The van der Waals surface area contributed by atoms with Crippen LogP contribution in [-0.2, 0) is 0 Å². The summed E-state index contributed by atoms with van der Waals surface area (Å²) in [6.45, 7) is 2.14. The quantitative estimate of drug-likeness (QED) is 0.819. The molecule has 1 aliphatic heterocycles. The number of halogens is 1. The van der Waals surface area contributed by atoms with Gasteiger partial charge in [-0.2, -0.15) is 0 Å². The first-order valence-electron chi connectivity index (χ1n) is 7.38. The van der Waals surface area contributed by atoms with Gasteiger partial charge < -0.3 is 9.84 Å². The molecule has 1 aliphatic rings. The zero-order valence-electron chi connectivity index (χ0n) is 12.1. The Morgan fingerprint density at radius 1 is 1.40 bits per heavy atom. The van der Waals surface area contributed by atoms with Crippen LogP contribution in [-0.4, -0.2) is 42.9 Å². The Balaban J connectivity index is 2.03. The highest BCUT2D eigenvalue weighted by molar-refractivity contribution is 6.21. The normalized spacial score (nSPS) is 21.6. The van der Waals surface area contributed by atoms with E-state index in [4.69, 9.17) is 16.3 Å². The number of rotatable bonds is 6. The molecule has 0 saturated carbocycles. The van der Waals surface area contributed by atoms with E-state index in [1.165, 1.54) is 12.8 Å². The van der Waals surface area contributed by atoms with Crippen molar-refractivity contribution in [1.82, 2.24) is 4.90 Å². The number of benzene rings is 1. The molecule has 1 aromatic rings. The minimum absolute atomic E-state index is 0.0783. The molecule has 0 spiro atoms. The summed E-state index contributed by atoms with van der Waals surface area (Å²) in [4.78, 5) is 2.42. The summed E-state index contributed by atoms with van der Waals surface area (Å²) < 4.78 is 5.39. The molecule has 0 bridgehead atoms. The van der Waals surface area contributed by atoms with Crippen molar-refractivity contribution in [3.8, 4) is 5.75 Å².